The molecule has 0 heterocycles. The highest BCUT2D eigenvalue weighted by Crippen LogP contribution is 2.24. The Morgan fingerprint density at radius 1 is 1.00 bits per heavy atom. The van der Waals surface area contributed by atoms with Crippen molar-refractivity contribution in [3.8, 4) is 0 Å². The number of anilines is 1. The monoisotopic (exact) mass is 459 g/mol. The summed E-state index contributed by atoms with van der Waals surface area (Å²) in [6, 6.07) is 18.7. The number of nitro benzene ring substituents is 1. The number of rotatable bonds is 8. The van der Waals surface area contributed by atoms with Crippen molar-refractivity contribution in [1.82, 2.24) is 4.72 Å². The van der Waals surface area contributed by atoms with Crippen LogP contribution in [-0.2, 0) is 16.4 Å². The van der Waals surface area contributed by atoms with Crippen LogP contribution in [0, 0.1) is 10.1 Å². The van der Waals surface area contributed by atoms with E-state index in [0.717, 1.165) is 11.6 Å². The molecule has 160 valence electrons. The number of halogens is 1. The molecule has 0 spiro atoms. The summed E-state index contributed by atoms with van der Waals surface area (Å²) in [5.74, 6) is -0.708. The minimum atomic E-state index is -3.72. The van der Waals surface area contributed by atoms with Gasteiger partial charge in [0.2, 0.25) is 10.0 Å². The second-order valence-electron chi connectivity index (χ2n) is 6.53. The van der Waals surface area contributed by atoms with Crippen molar-refractivity contribution in [2.75, 3.05) is 11.9 Å². The van der Waals surface area contributed by atoms with Crippen molar-refractivity contribution in [3.05, 3.63) is 99.1 Å². The van der Waals surface area contributed by atoms with Gasteiger partial charge < -0.3 is 5.32 Å². The van der Waals surface area contributed by atoms with E-state index in [0.29, 0.717) is 6.42 Å². The lowest BCUT2D eigenvalue weighted by atomic mass is 10.1. The summed E-state index contributed by atoms with van der Waals surface area (Å²) < 4.78 is 27.4. The molecule has 3 aromatic carbocycles. The number of sulfonamides is 1. The molecule has 0 atom stereocenters. The van der Waals surface area contributed by atoms with Crippen LogP contribution in [0.25, 0.3) is 0 Å². The molecule has 1 amide bonds. The van der Waals surface area contributed by atoms with Crippen molar-refractivity contribution in [2.45, 2.75) is 11.3 Å². The summed E-state index contributed by atoms with van der Waals surface area (Å²) in [6.07, 6.45) is 0.550. The van der Waals surface area contributed by atoms with Crippen molar-refractivity contribution in [3.63, 3.8) is 0 Å². The second-order valence-corrected chi connectivity index (χ2v) is 8.73. The Bertz CT molecular complexity index is 1200. The van der Waals surface area contributed by atoms with Gasteiger partial charge in [-0.2, -0.15) is 0 Å². The van der Waals surface area contributed by atoms with Crippen LogP contribution < -0.4 is 10.0 Å². The number of nitrogens with one attached hydrogen (secondary N) is 2. The number of benzene rings is 3. The molecule has 0 aliphatic carbocycles. The van der Waals surface area contributed by atoms with Crippen LogP contribution in [0.15, 0.2) is 77.7 Å². The van der Waals surface area contributed by atoms with Gasteiger partial charge in [0.05, 0.1) is 9.82 Å². The van der Waals surface area contributed by atoms with Crippen molar-refractivity contribution >= 4 is 38.9 Å². The fourth-order valence-electron chi connectivity index (χ4n) is 2.82. The summed E-state index contributed by atoms with van der Waals surface area (Å²) in [5, 5.41) is 13.8. The molecule has 0 aliphatic rings. The van der Waals surface area contributed by atoms with Gasteiger partial charge in [-0.3, -0.25) is 14.9 Å². The van der Waals surface area contributed by atoms with Gasteiger partial charge in [0.1, 0.15) is 5.56 Å². The predicted molar refractivity (Wildman–Crippen MR) is 118 cm³/mol. The van der Waals surface area contributed by atoms with E-state index in [1.807, 2.05) is 30.3 Å². The summed E-state index contributed by atoms with van der Waals surface area (Å²) in [4.78, 5) is 22.9. The van der Waals surface area contributed by atoms with Gasteiger partial charge in [-0.05, 0) is 48.4 Å². The largest absolute Gasteiger partial charge is 0.322 e. The highest BCUT2D eigenvalue weighted by molar-refractivity contribution is 7.89. The number of hydrogen-bond donors (Lipinski definition) is 2. The maximum absolute atomic E-state index is 12.4. The summed E-state index contributed by atoms with van der Waals surface area (Å²) in [5.41, 5.74) is 0.720. The fraction of sp³-hybridized carbons (Fsp3) is 0.0952. The first-order valence-electron chi connectivity index (χ1n) is 9.15. The lowest BCUT2D eigenvalue weighted by Gasteiger charge is -2.09. The smallest absolute Gasteiger partial charge is 0.283 e. The molecule has 0 aromatic heterocycles. The van der Waals surface area contributed by atoms with Crippen molar-refractivity contribution < 1.29 is 18.1 Å². The average molecular weight is 460 g/mol. The van der Waals surface area contributed by atoms with E-state index >= 15 is 0 Å². The Labute approximate surface area is 184 Å². The SMILES string of the molecule is O=C(Nc1ccc(S(=O)(=O)NCCc2ccccc2)cc1)c1ccc(Cl)cc1[N+](=O)[O-]. The molecule has 0 unspecified atom stereocenters. The fourth-order valence-corrected chi connectivity index (χ4v) is 4.02. The van der Waals surface area contributed by atoms with Gasteiger partial charge in [0.15, 0.2) is 0 Å². The Kier molecular flexibility index (Phi) is 7.01. The first-order chi connectivity index (χ1) is 14.8. The zero-order chi connectivity index (χ0) is 22.4. The van der Waals surface area contributed by atoms with Gasteiger partial charge in [-0.1, -0.05) is 41.9 Å². The molecule has 8 nitrogen and oxygen atoms in total. The molecular formula is C21H18ClN3O5S. The van der Waals surface area contributed by atoms with Crippen LogP contribution in [0.3, 0.4) is 0 Å². The Morgan fingerprint density at radius 2 is 1.68 bits per heavy atom. The molecule has 0 aliphatic heterocycles. The second kappa shape index (κ2) is 9.69. The molecule has 2 N–H and O–H groups in total. The lowest BCUT2D eigenvalue weighted by Crippen LogP contribution is -2.26. The Hall–Kier alpha value is -3.27. The average Bonchev–Trinajstić information content (AvgIpc) is 2.74. The summed E-state index contributed by atoms with van der Waals surface area (Å²) in [7, 11) is -3.72. The lowest BCUT2D eigenvalue weighted by molar-refractivity contribution is -0.385. The highest BCUT2D eigenvalue weighted by Gasteiger charge is 2.21. The van der Waals surface area contributed by atoms with E-state index in [-0.39, 0.29) is 27.7 Å². The van der Waals surface area contributed by atoms with E-state index in [4.69, 9.17) is 11.6 Å². The number of carbonyl (C=O) groups is 1. The molecule has 0 saturated carbocycles. The van der Waals surface area contributed by atoms with Crippen LogP contribution in [0.5, 0.6) is 0 Å². The molecular weight excluding hydrogens is 442 g/mol. The van der Waals surface area contributed by atoms with Gasteiger partial charge in [-0.15, -0.1) is 0 Å². The first-order valence-corrected chi connectivity index (χ1v) is 11.0. The number of amides is 1. The number of hydrogen-bond acceptors (Lipinski definition) is 5. The maximum Gasteiger partial charge on any atom is 0.283 e. The number of nitro groups is 1. The van der Waals surface area contributed by atoms with Gasteiger partial charge in [-0.25, -0.2) is 13.1 Å². The normalized spacial score (nSPS) is 11.1. The van der Waals surface area contributed by atoms with Crippen molar-refractivity contribution in [1.29, 1.82) is 0 Å². The van der Waals surface area contributed by atoms with E-state index in [2.05, 4.69) is 10.0 Å². The van der Waals surface area contributed by atoms with Crippen LogP contribution in [0.4, 0.5) is 11.4 Å². The van der Waals surface area contributed by atoms with Crippen LogP contribution in [0.1, 0.15) is 15.9 Å². The minimum Gasteiger partial charge on any atom is -0.322 e. The van der Waals surface area contributed by atoms with Gasteiger partial charge >= 0.3 is 0 Å². The third-order valence-corrected chi connectivity index (χ3v) is 6.08. The third kappa shape index (κ3) is 5.88. The van der Waals surface area contributed by atoms with Crippen LogP contribution in [0.2, 0.25) is 5.02 Å². The molecule has 10 heteroatoms. The predicted octanol–water partition coefficient (Wildman–Crippen LogP) is 4.02. The van der Waals surface area contributed by atoms with Crippen LogP contribution >= 0.6 is 11.6 Å². The molecule has 3 rings (SSSR count). The maximum atomic E-state index is 12.4. The van der Waals surface area contributed by atoms with Gasteiger partial charge in [0.25, 0.3) is 11.6 Å². The highest BCUT2D eigenvalue weighted by atomic mass is 35.5. The standard InChI is InChI=1S/C21H18ClN3O5S/c22-16-6-11-19(20(14-16)25(27)28)21(26)24-17-7-9-18(10-8-17)31(29,30)23-13-12-15-4-2-1-3-5-15/h1-11,14,23H,12-13H2,(H,24,26). The summed E-state index contributed by atoms with van der Waals surface area (Å²) in [6.45, 7) is 0.241. The first kappa shape index (κ1) is 22.4. The van der Waals surface area contributed by atoms with Gasteiger partial charge in [0, 0.05) is 23.3 Å². The topological polar surface area (TPSA) is 118 Å². The quantitative estimate of drug-likeness (QED) is 0.389. The van der Waals surface area contributed by atoms with E-state index < -0.39 is 26.5 Å². The molecule has 0 bridgehead atoms. The zero-order valence-electron chi connectivity index (χ0n) is 16.1. The number of nitrogens with zero attached hydrogens (tertiary/aromatic N) is 1. The Balaban J connectivity index is 1.66. The summed E-state index contributed by atoms with van der Waals surface area (Å²) >= 11 is 5.76. The molecule has 3 aromatic rings. The molecule has 31 heavy (non-hydrogen) atoms. The zero-order valence-corrected chi connectivity index (χ0v) is 17.7. The third-order valence-electron chi connectivity index (χ3n) is 4.37. The van der Waals surface area contributed by atoms with E-state index in [9.17, 15) is 23.3 Å². The molecule has 0 saturated heterocycles. The molecule has 0 fully saturated rings. The molecule has 0 radical (unpaired) electrons. The minimum absolute atomic E-state index is 0.0380. The number of carbonyl (C=O) groups excluding carboxylic acids is 1. The van der Waals surface area contributed by atoms with E-state index in [1.165, 1.54) is 36.4 Å². The van der Waals surface area contributed by atoms with Crippen molar-refractivity contribution in [2.24, 2.45) is 0 Å². The Morgan fingerprint density at radius 3 is 2.32 bits per heavy atom. The van der Waals surface area contributed by atoms with E-state index in [1.54, 1.807) is 0 Å². The van der Waals surface area contributed by atoms with Crippen LogP contribution in [-0.4, -0.2) is 25.8 Å².